The van der Waals surface area contributed by atoms with Crippen LogP contribution in [0.15, 0.2) is 47.4 Å². The van der Waals surface area contributed by atoms with Crippen molar-refractivity contribution in [3.05, 3.63) is 53.6 Å². The summed E-state index contributed by atoms with van der Waals surface area (Å²) in [5, 5.41) is 20.1. The first-order chi connectivity index (χ1) is 19.9. The fourth-order valence-corrected chi connectivity index (χ4v) is 6.05. The molecule has 3 N–H and O–H groups in total. The number of carbonyl (C=O) groups excluding carboxylic acids is 1. The lowest BCUT2D eigenvalue weighted by molar-refractivity contribution is -0.154. The maximum absolute atomic E-state index is 13.2. The van der Waals surface area contributed by atoms with Gasteiger partial charge >= 0.3 is 5.97 Å². The van der Waals surface area contributed by atoms with E-state index in [2.05, 4.69) is 6.92 Å². The SMILES string of the molecule is CCCCCCCCCCCCOC(=O)C(C)(C)CC(CC(CC)c1ccc(S(=O)(=O)O)cc1)c1ccc(O)c(O)c1. The Morgan fingerprint density at radius 3 is 1.86 bits per heavy atom. The minimum atomic E-state index is -4.28. The van der Waals surface area contributed by atoms with Gasteiger partial charge in [-0.2, -0.15) is 8.42 Å². The standard InChI is InChI=1S/C34H52O7S/c1-5-7-8-9-10-11-12-13-14-15-22-41-33(37)34(3,4)25-29(28-18-21-31(35)32(36)24-28)23-26(6-2)27-16-19-30(20-17-27)42(38,39)40/h16-21,24,26,29,35-36H,5-15,22-23,25H2,1-4H3,(H,38,39,40). The summed E-state index contributed by atoms with van der Waals surface area (Å²) in [7, 11) is -4.28. The van der Waals surface area contributed by atoms with Crippen molar-refractivity contribution in [2.45, 2.75) is 128 Å². The third kappa shape index (κ3) is 12.0. The molecule has 42 heavy (non-hydrogen) atoms. The molecule has 2 unspecified atom stereocenters. The van der Waals surface area contributed by atoms with Crippen LogP contribution in [0.5, 0.6) is 11.5 Å². The number of rotatable bonds is 20. The van der Waals surface area contributed by atoms with Crippen LogP contribution < -0.4 is 0 Å². The zero-order valence-electron chi connectivity index (χ0n) is 26.0. The molecule has 0 bridgehead atoms. The van der Waals surface area contributed by atoms with E-state index in [0.29, 0.717) is 19.4 Å². The van der Waals surface area contributed by atoms with Crippen LogP contribution in [-0.4, -0.2) is 35.8 Å². The van der Waals surface area contributed by atoms with Gasteiger partial charge in [0.15, 0.2) is 11.5 Å². The van der Waals surface area contributed by atoms with Crippen LogP contribution in [-0.2, 0) is 19.6 Å². The third-order valence-electron chi connectivity index (χ3n) is 8.22. The second-order valence-electron chi connectivity index (χ2n) is 12.2. The summed E-state index contributed by atoms with van der Waals surface area (Å²) >= 11 is 0. The Morgan fingerprint density at radius 1 is 0.786 bits per heavy atom. The van der Waals surface area contributed by atoms with Crippen LogP contribution in [0, 0.1) is 5.41 Å². The van der Waals surface area contributed by atoms with Gasteiger partial charge in [-0.3, -0.25) is 9.35 Å². The van der Waals surface area contributed by atoms with E-state index in [1.807, 2.05) is 20.8 Å². The molecule has 0 aromatic heterocycles. The highest BCUT2D eigenvalue weighted by Gasteiger charge is 2.34. The molecule has 0 heterocycles. The minimum Gasteiger partial charge on any atom is -0.504 e. The summed E-state index contributed by atoms with van der Waals surface area (Å²) < 4.78 is 38.0. The highest BCUT2D eigenvalue weighted by molar-refractivity contribution is 7.85. The Morgan fingerprint density at radius 2 is 1.33 bits per heavy atom. The topological polar surface area (TPSA) is 121 Å². The number of esters is 1. The molecule has 0 radical (unpaired) electrons. The first kappa shape index (κ1) is 35.6. The van der Waals surface area contributed by atoms with Crippen molar-refractivity contribution in [2.75, 3.05) is 6.61 Å². The number of benzene rings is 2. The van der Waals surface area contributed by atoms with Crippen LogP contribution in [0.3, 0.4) is 0 Å². The Labute approximate surface area is 253 Å². The fourth-order valence-electron chi connectivity index (χ4n) is 5.57. The van der Waals surface area contributed by atoms with E-state index in [4.69, 9.17) is 4.74 Å². The van der Waals surface area contributed by atoms with Crippen LogP contribution in [0.1, 0.15) is 134 Å². The zero-order chi connectivity index (χ0) is 31.2. The maximum atomic E-state index is 13.2. The van der Waals surface area contributed by atoms with Crippen LogP contribution >= 0.6 is 0 Å². The average Bonchev–Trinajstić information content (AvgIpc) is 2.94. The summed E-state index contributed by atoms with van der Waals surface area (Å²) in [6.45, 7) is 8.43. The normalized spacial score (nSPS) is 13.5. The van der Waals surface area contributed by atoms with Crippen LogP contribution in [0.25, 0.3) is 0 Å². The van der Waals surface area contributed by atoms with E-state index < -0.39 is 15.5 Å². The lowest BCUT2D eigenvalue weighted by Gasteiger charge is -2.31. The molecule has 2 rings (SSSR count). The summed E-state index contributed by atoms with van der Waals surface area (Å²) in [4.78, 5) is 13.0. The van der Waals surface area contributed by atoms with E-state index in [1.54, 1.807) is 24.3 Å². The molecule has 0 aliphatic rings. The molecule has 0 aliphatic carbocycles. The smallest absolute Gasteiger partial charge is 0.311 e. The molecule has 0 fully saturated rings. The van der Waals surface area contributed by atoms with Crippen molar-refractivity contribution in [2.24, 2.45) is 5.41 Å². The average molecular weight is 605 g/mol. The number of hydrogen-bond donors (Lipinski definition) is 3. The summed E-state index contributed by atoms with van der Waals surface area (Å²) in [6, 6.07) is 10.9. The maximum Gasteiger partial charge on any atom is 0.311 e. The molecule has 0 amide bonds. The molecule has 0 saturated carbocycles. The summed E-state index contributed by atoms with van der Waals surface area (Å²) in [5.41, 5.74) is 0.928. The molecular weight excluding hydrogens is 552 g/mol. The second kappa shape index (κ2) is 17.5. The van der Waals surface area contributed by atoms with Gasteiger partial charge in [0, 0.05) is 0 Å². The van der Waals surface area contributed by atoms with E-state index in [-0.39, 0.29) is 34.2 Å². The van der Waals surface area contributed by atoms with Gasteiger partial charge in [0.2, 0.25) is 0 Å². The Balaban J connectivity index is 2.02. The quantitative estimate of drug-likeness (QED) is 0.0597. The Bertz CT molecular complexity index is 1190. The highest BCUT2D eigenvalue weighted by atomic mass is 32.2. The van der Waals surface area contributed by atoms with Gasteiger partial charge in [-0.25, -0.2) is 0 Å². The molecule has 7 nitrogen and oxygen atoms in total. The molecule has 236 valence electrons. The monoisotopic (exact) mass is 604 g/mol. The number of hydrogen-bond acceptors (Lipinski definition) is 6. The second-order valence-corrected chi connectivity index (χ2v) is 13.7. The van der Waals surface area contributed by atoms with Crippen LogP contribution in [0.2, 0.25) is 0 Å². The number of unbranched alkanes of at least 4 members (excludes halogenated alkanes) is 9. The van der Waals surface area contributed by atoms with Gasteiger partial charge < -0.3 is 14.9 Å². The van der Waals surface area contributed by atoms with Crippen molar-refractivity contribution in [1.82, 2.24) is 0 Å². The minimum absolute atomic E-state index is 0.0276. The van der Waals surface area contributed by atoms with Crippen molar-refractivity contribution in [3.8, 4) is 11.5 Å². The van der Waals surface area contributed by atoms with Gasteiger partial charge in [0.1, 0.15) is 0 Å². The predicted octanol–water partition coefficient (Wildman–Crippen LogP) is 8.89. The lowest BCUT2D eigenvalue weighted by Crippen LogP contribution is -2.29. The number of phenolic OH excluding ortho intramolecular Hbond substituents is 2. The largest absolute Gasteiger partial charge is 0.504 e. The first-order valence-electron chi connectivity index (χ1n) is 15.7. The van der Waals surface area contributed by atoms with Crippen LogP contribution in [0.4, 0.5) is 0 Å². The zero-order valence-corrected chi connectivity index (χ0v) is 26.8. The molecule has 0 spiro atoms. The predicted molar refractivity (Wildman–Crippen MR) is 168 cm³/mol. The number of carbonyl (C=O) groups is 1. The third-order valence-corrected chi connectivity index (χ3v) is 9.09. The van der Waals surface area contributed by atoms with E-state index in [0.717, 1.165) is 36.8 Å². The fraction of sp³-hybridized carbons (Fsp3) is 0.618. The van der Waals surface area contributed by atoms with Crippen molar-refractivity contribution < 1.29 is 32.7 Å². The number of ether oxygens (including phenoxy) is 1. The van der Waals surface area contributed by atoms with Gasteiger partial charge in [-0.05, 0) is 86.8 Å². The first-order valence-corrected chi connectivity index (χ1v) is 17.1. The van der Waals surface area contributed by atoms with E-state index >= 15 is 0 Å². The van der Waals surface area contributed by atoms with Gasteiger partial charge in [-0.1, -0.05) is 89.8 Å². The molecule has 0 aliphatic heterocycles. The van der Waals surface area contributed by atoms with E-state index in [9.17, 15) is 28.0 Å². The number of phenols is 2. The number of aromatic hydroxyl groups is 2. The molecule has 2 aromatic carbocycles. The molecular formula is C34H52O7S. The van der Waals surface area contributed by atoms with Crippen molar-refractivity contribution in [1.29, 1.82) is 0 Å². The summed E-state index contributed by atoms with van der Waals surface area (Å²) in [6.07, 6.45) is 14.0. The lowest BCUT2D eigenvalue weighted by atomic mass is 9.74. The molecule has 2 atom stereocenters. The van der Waals surface area contributed by atoms with Gasteiger partial charge in [0.25, 0.3) is 10.1 Å². The van der Waals surface area contributed by atoms with E-state index in [1.165, 1.54) is 63.1 Å². The molecule has 0 saturated heterocycles. The Hall–Kier alpha value is -2.58. The van der Waals surface area contributed by atoms with Crippen molar-refractivity contribution in [3.63, 3.8) is 0 Å². The molecule has 2 aromatic rings. The van der Waals surface area contributed by atoms with Crippen molar-refractivity contribution >= 4 is 16.1 Å². The van der Waals surface area contributed by atoms with Gasteiger partial charge in [0.05, 0.1) is 16.9 Å². The summed E-state index contributed by atoms with van der Waals surface area (Å²) in [5.74, 6) is -0.802. The molecule has 8 heteroatoms. The van der Waals surface area contributed by atoms with Gasteiger partial charge in [-0.15, -0.1) is 0 Å². The highest BCUT2D eigenvalue weighted by Crippen LogP contribution is 2.42. The Kier molecular flexibility index (Phi) is 14.9.